The topological polar surface area (TPSA) is 36.4 Å². The molecule has 0 N–H and O–H groups in total. The molecule has 0 saturated heterocycles. The number of likely N-dealkylation sites (N-methyl/N-ethyl adjacent to an activating group) is 2. The monoisotopic (exact) mass is 327 g/mol. The van der Waals surface area contributed by atoms with Gasteiger partial charge in [0, 0.05) is 25.5 Å². The molecular weight excluding hydrogens is 305 g/mol. The minimum Gasteiger partial charge on any atom is -0.342 e. The second-order valence-electron chi connectivity index (χ2n) is 6.39. The zero-order valence-electron chi connectivity index (χ0n) is 14.0. The van der Waals surface area contributed by atoms with Gasteiger partial charge < -0.3 is 4.90 Å². The quantitative estimate of drug-likeness (QED) is 0.818. The molecule has 1 atom stereocenters. The predicted molar refractivity (Wildman–Crippen MR) is 90.9 cm³/mol. The van der Waals surface area contributed by atoms with Crippen LogP contribution in [0.2, 0.25) is 0 Å². The maximum absolute atomic E-state index is 13.3. The average Bonchev–Trinajstić information content (AvgIpc) is 3.42. The third-order valence-corrected chi connectivity index (χ3v) is 4.50. The SMILES string of the molecule is CN(C(=O)CN(C)[C@H](c1ccc(F)cc1)c1cccnc1)C1CC1. The summed E-state index contributed by atoms with van der Waals surface area (Å²) in [5, 5.41) is 0. The van der Waals surface area contributed by atoms with E-state index in [2.05, 4.69) is 4.98 Å². The number of carbonyl (C=O) groups excluding carboxylic acids is 1. The highest BCUT2D eigenvalue weighted by Crippen LogP contribution is 2.29. The van der Waals surface area contributed by atoms with Gasteiger partial charge in [-0.2, -0.15) is 0 Å². The fourth-order valence-corrected chi connectivity index (χ4v) is 2.97. The number of rotatable bonds is 6. The number of amides is 1. The van der Waals surface area contributed by atoms with Gasteiger partial charge >= 0.3 is 0 Å². The second-order valence-corrected chi connectivity index (χ2v) is 6.39. The number of halogens is 1. The van der Waals surface area contributed by atoms with Crippen LogP contribution in [0.1, 0.15) is 30.0 Å². The standard InChI is InChI=1S/C19H22FN3O/c1-22(13-18(24)23(2)17-9-10-17)19(15-4-3-11-21-12-15)14-5-7-16(20)8-6-14/h3-8,11-12,17,19H,9-10,13H2,1-2H3/t19-/m1/s1. The largest absolute Gasteiger partial charge is 0.342 e. The maximum Gasteiger partial charge on any atom is 0.236 e. The van der Waals surface area contributed by atoms with E-state index in [-0.39, 0.29) is 17.8 Å². The van der Waals surface area contributed by atoms with Gasteiger partial charge in [0.2, 0.25) is 5.91 Å². The van der Waals surface area contributed by atoms with Crippen LogP contribution in [0.5, 0.6) is 0 Å². The average molecular weight is 327 g/mol. The molecular formula is C19H22FN3O. The van der Waals surface area contributed by atoms with Gasteiger partial charge in [-0.25, -0.2) is 4.39 Å². The van der Waals surface area contributed by atoms with Crippen molar-refractivity contribution in [2.75, 3.05) is 20.6 Å². The summed E-state index contributed by atoms with van der Waals surface area (Å²) in [4.78, 5) is 20.5. The molecule has 0 bridgehead atoms. The number of carbonyl (C=O) groups is 1. The van der Waals surface area contributed by atoms with Crippen LogP contribution in [0.4, 0.5) is 4.39 Å². The summed E-state index contributed by atoms with van der Waals surface area (Å²) in [5.74, 6) is -0.160. The zero-order valence-corrected chi connectivity index (χ0v) is 14.0. The van der Waals surface area contributed by atoms with E-state index >= 15 is 0 Å². The lowest BCUT2D eigenvalue weighted by Gasteiger charge is -2.30. The first kappa shape index (κ1) is 16.6. The fraction of sp³-hybridized carbons (Fsp3) is 0.368. The Morgan fingerprint density at radius 1 is 1.21 bits per heavy atom. The Balaban J connectivity index is 1.83. The van der Waals surface area contributed by atoms with E-state index < -0.39 is 0 Å². The minimum absolute atomic E-state index is 0.107. The Kier molecular flexibility index (Phi) is 4.90. The Morgan fingerprint density at radius 3 is 2.50 bits per heavy atom. The second kappa shape index (κ2) is 7.09. The van der Waals surface area contributed by atoms with Gasteiger partial charge in [-0.3, -0.25) is 14.7 Å². The first-order valence-electron chi connectivity index (χ1n) is 8.17. The summed E-state index contributed by atoms with van der Waals surface area (Å²) in [7, 11) is 3.78. The van der Waals surface area contributed by atoms with Gasteiger partial charge in [-0.05, 0) is 49.2 Å². The van der Waals surface area contributed by atoms with Crippen molar-refractivity contribution in [1.29, 1.82) is 0 Å². The number of nitrogens with zero attached hydrogens (tertiary/aromatic N) is 3. The minimum atomic E-state index is -0.268. The van der Waals surface area contributed by atoms with Crippen molar-refractivity contribution in [2.45, 2.75) is 24.9 Å². The Morgan fingerprint density at radius 2 is 1.92 bits per heavy atom. The molecule has 24 heavy (non-hydrogen) atoms. The first-order valence-corrected chi connectivity index (χ1v) is 8.17. The van der Waals surface area contributed by atoms with Crippen LogP contribution in [-0.4, -0.2) is 47.4 Å². The third-order valence-electron chi connectivity index (χ3n) is 4.50. The molecule has 1 aromatic heterocycles. The summed E-state index contributed by atoms with van der Waals surface area (Å²) in [6.07, 6.45) is 5.70. The molecule has 1 aromatic carbocycles. The van der Waals surface area contributed by atoms with Crippen LogP contribution in [-0.2, 0) is 4.79 Å². The number of hydrogen-bond donors (Lipinski definition) is 0. The lowest BCUT2D eigenvalue weighted by Crippen LogP contribution is -2.39. The van der Waals surface area contributed by atoms with Gasteiger partial charge in [0.1, 0.15) is 5.82 Å². The van der Waals surface area contributed by atoms with Crippen molar-refractivity contribution in [3.05, 3.63) is 65.7 Å². The van der Waals surface area contributed by atoms with E-state index in [1.165, 1.54) is 12.1 Å². The van der Waals surface area contributed by atoms with E-state index in [1.54, 1.807) is 24.5 Å². The van der Waals surface area contributed by atoms with Crippen molar-refractivity contribution in [3.63, 3.8) is 0 Å². The lowest BCUT2D eigenvalue weighted by atomic mass is 9.98. The van der Waals surface area contributed by atoms with E-state index in [0.717, 1.165) is 24.0 Å². The molecule has 126 valence electrons. The molecule has 0 aliphatic heterocycles. The molecule has 3 rings (SSSR count). The van der Waals surface area contributed by atoms with Crippen molar-refractivity contribution in [2.24, 2.45) is 0 Å². The predicted octanol–water partition coefficient (Wildman–Crippen LogP) is 2.86. The third kappa shape index (κ3) is 3.79. The molecule has 4 nitrogen and oxygen atoms in total. The van der Waals surface area contributed by atoms with Crippen molar-refractivity contribution < 1.29 is 9.18 Å². The Labute approximate surface area is 141 Å². The van der Waals surface area contributed by atoms with Crippen molar-refractivity contribution >= 4 is 5.91 Å². The number of aromatic nitrogens is 1. The Bertz CT molecular complexity index is 686. The molecule has 0 radical (unpaired) electrons. The fourth-order valence-electron chi connectivity index (χ4n) is 2.97. The van der Waals surface area contributed by atoms with Gasteiger partial charge in [-0.15, -0.1) is 0 Å². The molecule has 1 aliphatic carbocycles. The normalized spacial score (nSPS) is 15.3. The highest BCUT2D eigenvalue weighted by atomic mass is 19.1. The molecule has 1 amide bonds. The maximum atomic E-state index is 13.3. The summed E-state index contributed by atoms with van der Waals surface area (Å²) in [5.41, 5.74) is 1.92. The number of pyridine rings is 1. The molecule has 1 saturated carbocycles. The van der Waals surface area contributed by atoms with Crippen LogP contribution in [0.3, 0.4) is 0 Å². The molecule has 5 heteroatoms. The van der Waals surface area contributed by atoms with Crippen molar-refractivity contribution in [1.82, 2.24) is 14.8 Å². The highest BCUT2D eigenvalue weighted by molar-refractivity contribution is 5.78. The van der Waals surface area contributed by atoms with Crippen LogP contribution < -0.4 is 0 Å². The lowest BCUT2D eigenvalue weighted by molar-refractivity contribution is -0.131. The zero-order chi connectivity index (χ0) is 17.1. The van der Waals surface area contributed by atoms with Gasteiger partial charge in [0.25, 0.3) is 0 Å². The van der Waals surface area contributed by atoms with Crippen LogP contribution in [0, 0.1) is 5.82 Å². The molecule has 1 aliphatic rings. The van der Waals surface area contributed by atoms with E-state index in [0.29, 0.717) is 12.6 Å². The van der Waals surface area contributed by atoms with Crippen molar-refractivity contribution in [3.8, 4) is 0 Å². The molecule has 1 heterocycles. The van der Waals surface area contributed by atoms with Gasteiger partial charge in [0.05, 0.1) is 12.6 Å². The van der Waals surface area contributed by atoms with E-state index in [1.807, 2.05) is 36.0 Å². The van der Waals surface area contributed by atoms with Crippen LogP contribution in [0.25, 0.3) is 0 Å². The highest BCUT2D eigenvalue weighted by Gasteiger charge is 2.31. The summed E-state index contributed by atoms with van der Waals surface area (Å²) >= 11 is 0. The molecule has 2 aromatic rings. The number of benzene rings is 1. The molecule has 0 unspecified atom stereocenters. The number of hydrogen-bond acceptors (Lipinski definition) is 3. The Hall–Kier alpha value is -2.27. The molecule has 0 spiro atoms. The first-order chi connectivity index (χ1) is 11.6. The summed E-state index contributed by atoms with van der Waals surface area (Å²) in [6, 6.07) is 10.5. The van der Waals surface area contributed by atoms with E-state index in [4.69, 9.17) is 0 Å². The van der Waals surface area contributed by atoms with Gasteiger partial charge in [0.15, 0.2) is 0 Å². The smallest absolute Gasteiger partial charge is 0.236 e. The summed E-state index contributed by atoms with van der Waals surface area (Å²) < 4.78 is 13.3. The molecule has 1 fully saturated rings. The van der Waals surface area contributed by atoms with E-state index in [9.17, 15) is 9.18 Å². The van der Waals surface area contributed by atoms with Crippen LogP contribution in [0.15, 0.2) is 48.8 Å². The van der Waals surface area contributed by atoms with Gasteiger partial charge in [-0.1, -0.05) is 18.2 Å². The summed E-state index contributed by atoms with van der Waals surface area (Å²) in [6.45, 7) is 0.309. The van der Waals surface area contributed by atoms with Crippen LogP contribution >= 0.6 is 0 Å².